The molecule has 422 valence electrons. The number of unbranched alkanes of at least 4 members (excludes halogenated alkanes) is 5. The molecule has 3 aliphatic rings. The number of alkyl halides is 3. The Morgan fingerprint density at radius 1 is 0.527 bits per heavy atom. The van der Waals surface area contributed by atoms with Crippen LogP contribution < -0.4 is 0 Å². The molecule has 3 heterocycles. The molecular weight excluding hydrogens is 1040 g/mol. The first-order chi connectivity index (χ1) is 35.4. The molecule has 0 saturated carbocycles. The van der Waals surface area contributed by atoms with Crippen molar-refractivity contribution >= 4 is 64.6 Å². The zero-order valence-electron chi connectivity index (χ0n) is 43.3. The summed E-state index contributed by atoms with van der Waals surface area (Å²) in [4.78, 5) is 58.2. The molecule has 0 aromatic rings. The van der Waals surface area contributed by atoms with Gasteiger partial charge in [-0.15, -0.1) is 0 Å². The summed E-state index contributed by atoms with van der Waals surface area (Å²) >= 11 is 17.8. The van der Waals surface area contributed by atoms with Gasteiger partial charge in [-0.3, -0.25) is 19.8 Å². The Bertz CT molecular complexity index is 1850. The Hall–Kier alpha value is -3.52. The number of halogens is 3. The summed E-state index contributed by atoms with van der Waals surface area (Å²) in [6, 6.07) is -2.98. The predicted molar refractivity (Wildman–Crippen MR) is 264 cm³/mol. The number of esters is 4. The summed E-state index contributed by atoms with van der Waals surface area (Å²) in [5, 5.41) is 16.2. The minimum absolute atomic E-state index is 0.0467. The van der Waals surface area contributed by atoms with Gasteiger partial charge in [0.15, 0.2) is 18.7 Å². The smallest absolute Gasteiger partial charge is 0.338 e. The fraction of sp³-hybridized carbons (Fsp3) is 0.891. The second-order valence-corrected chi connectivity index (χ2v) is 19.8. The minimum atomic E-state index is -2.44. The highest BCUT2D eigenvalue weighted by atomic mass is 35.6. The van der Waals surface area contributed by atoms with E-state index in [1.807, 2.05) is 34.6 Å². The molecule has 15 atom stereocenters. The van der Waals surface area contributed by atoms with E-state index in [1.54, 1.807) is 0 Å². The van der Waals surface area contributed by atoms with E-state index < -0.39 is 132 Å². The zero-order chi connectivity index (χ0) is 54.8. The third-order valence-electron chi connectivity index (χ3n) is 11.6. The Morgan fingerprint density at radius 2 is 0.973 bits per heavy atom. The predicted octanol–water partition coefficient (Wildman–Crippen LogP) is 7.80. The summed E-state index contributed by atoms with van der Waals surface area (Å²) in [6.07, 6.45) is -12.7. The van der Waals surface area contributed by atoms with Crippen LogP contribution in [0.5, 0.6) is 0 Å². The molecular formula is C46H74Cl3N7O18. The molecule has 1 N–H and O–H groups in total. The number of carbonyl (C=O) groups is 4. The molecule has 3 aliphatic heterocycles. The lowest BCUT2D eigenvalue weighted by Crippen LogP contribution is -2.68. The van der Waals surface area contributed by atoms with Gasteiger partial charge in [-0.25, -0.2) is 4.79 Å². The molecule has 28 heteroatoms. The van der Waals surface area contributed by atoms with Crippen LogP contribution in [0.15, 0.2) is 10.2 Å². The molecule has 25 nitrogen and oxygen atoms in total. The van der Waals surface area contributed by atoms with Gasteiger partial charge >= 0.3 is 23.9 Å². The number of ether oxygens (including phenoxy) is 14. The highest BCUT2D eigenvalue weighted by Gasteiger charge is 2.59. The molecule has 3 rings (SSSR count). The van der Waals surface area contributed by atoms with E-state index in [2.05, 4.69) is 20.1 Å². The maximum absolute atomic E-state index is 14.6. The van der Waals surface area contributed by atoms with Crippen LogP contribution >= 0.6 is 34.8 Å². The number of azide groups is 2. The van der Waals surface area contributed by atoms with E-state index in [0.717, 1.165) is 26.7 Å². The Kier molecular flexibility index (Phi) is 30.0. The summed E-state index contributed by atoms with van der Waals surface area (Å²) < 4.78 is 84.5. The molecule has 0 aromatic heterocycles. The maximum Gasteiger partial charge on any atom is 0.338 e. The van der Waals surface area contributed by atoms with Crippen LogP contribution in [0.2, 0.25) is 0 Å². The first-order valence-corrected chi connectivity index (χ1v) is 26.3. The summed E-state index contributed by atoms with van der Waals surface area (Å²) in [6.45, 7) is 12.8. The number of rotatable bonds is 32. The molecule has 74 heavy (non-hydrogen) atoms. The standard InChI is InChI=1S/C46H74Cl3N7O18/c1-9-14-19-61-33-29(24-66-26(6)57)69-42(31(53-55-51)35(33)62-20-15-10-2)72-38-37(63-21-16-11-3)40(64-22-17-12-4)44(73-39(38)41(60)65-23-18-13-5)71-34-30(25-67-27(7)58)70-43(74-45(50)46(47,48)49)32(54-56-52)36(34)68-28(8)59/h29-40,42-44,50H,9-25H2,1-8H3/t29?,30?,31?,32?,33-,34-,35-,36-,37?,38+,39?,40+,42-,43-,44-/m1/s1. The van der Waals surface area contributed by atoms with Gasteiger partial charge in [-0.2, -0.15) is 0 Å². The topological polar surface area (TPSA) is 319 Å². The lowest BCUT2D eigenvalue weighted by Gasteiger charge is -2.50. The Labute approximate surface area is 446 Å². The van der Waals surface area contributed by atoms with Gasteiger partial charge < -0.3 is 66.3 Å². The van der Waals surface area contributed by atoms with Crippen LogP contribution in [0.3, 0.4) is 0 Å². The number of nitrogens with zero attached hydrogens (tertiary/aromatic N) is 6. The molecule has 3 fully saturated rings. The number of hydrogen-bond donors (Lipinski definition) is 1. The maximum atomic E-state index is 14.6. The molecule has 0 aliphatic carbocycles. The van der Waals surface area contributed by atoms with Crippen molar-refractivity contribution < 1.29 is 85.5 Å². The molecule has 0 amide bonds. The number of nitrogens with one attached hydrogen (secondary N) is 1. The normalized spacial score (nSPS) is 30.0. The van der Waals surface area contributed by atoms with Crippen LogP contribution in [0, 0.1) is 5.41 Å². The average molecular weight is 1120 g/mol. The monoisotopic (exact) mass is 1120 g/mol. The first kappa shape index (κ1) is 64.8. The van der Waals surface area contributed by atoms with Crippen molar-refractivity contribution in [1.29, 1.82) is 5.41 Å². The second-order valence-electron chi connectivity index (χ2n) is 17.5. The molecule has 0 aromatic carbocycles. The Balaban J connectivity index is 2.35. The van der Waals surface area contributed by atoms with E-state index in [4.69, 9.17) is 107 Å². The lowest BCUT2D eigenvalue weighted by molar-refractivity contribution is -0.369. The van der Waals surface area contributed by atoms with E-state index in [0.29, 0.717) is 51.4 Å². The van der Waals surface area contributed by atoms with Crippen LogP contribution in [-0.2, 0) is 85.5 Å². The van der Waals surface area contributed by atoms with Crippen molar-refractivity contribution in [2.75, 3.05) is 46.2 Å². The number of carbonyl (C=O) groups excluding carboxylic acids is 4. The highest BCUT2D eigenvalue weighted by molar-refractivity contribution is 6.76. The van der Waals surface area contributed by atoms with Gasteiger partial charge in [-0.1, -0.05) is 112 Å². The van der Waals surface area contributed by atoms with Crippen LogP contribution in [0.1, 0.15) is 120 Å². The highest BCUT2D eigenvalue weighted by Crippen LogP contribution is 2.39. The molecule has 0 radical (unpaired) electrons. The van der Waals surface area contributed by atoms with Gasteiger partial charge in [-0.05, 0) is 43.2 Å². The van der Waals surface area contributed by atoms with Crippen LogP contribution in [-0.4, -0.2) is 172 Å². The van der Waals surface area contributed by atoms with Gasteiger partial charge in [0.25, 0.3) is 3.79 Å². The van der Waals surface area contributed by atoms with E-state index in [-0.39, 0.29) is 39.6 Å². The SMILES string of the molecule is CCCCOC(=O)C1O[C@@H](O[C@@H]2C(COC(C)=O)O[C@H](OC(=N)C(Cl)(Cl)Cl)C(N=[N+]=[N-])[C@H]2OC(C)=O)[C@@H](OCCCC)C(OCCCC)[C@@H]1O[C@H]1OC(COC(C)=O)[C@@H](OCCCC)[C@H](OCCCC)C1N=[N+]=[N-]. The molecule has 0 spiro atoms. The van der Waals surface area contributed by atoms with Gasteiger partial charge in [0.1, 0.15) is 74.1 Å². The Morgan fingerprint density at radius 3 is 1.46 bits per heavy atom. The third-order valence-corrected chi connectivity index (χ3v) is 12.1. The average Bonchev–Trinajstić information content (AvgIpc) is 3.34. The second kappa shape index (κ2) is 34.3. The van der Waals surface area contributed by atoms with E-state index in [1.165, 1.54) is 6.92 Å². The quantitative estimate of drug-likeness (QED) is 0.00772. The van der Waals surface area contributed by atoms with Gasteiger partial charge in [0.2, 0.25) is 12.2 Å². The van der Waals surface area contributed by atoms with Gasteiger partial charge in [0.05, 0.1) is 12.7 Å². The molecule has 0 bridgehead atoms. The summed E-state index contributed by atoms with van der Waals surface area (Å²) in [5.74, 6) is -4.22. The number of hydrogen-bond acceptors (Lipinski definition) is 21. The minimum Gasteiger partial charge on any atom is -0.464 e. The lowest BCUT2D eigenvalue weighted by atomic mass is 9.94. The van der Waals surface area contributed by atoms with Crippen molar-refractivity contribution in [2.24, 2.45) is 10.2 Å². The molecule has 3 saturated heterocycles. The zero-order valence-corrected chi connectivity index (χ0v) is 45.6. The van der Waals surface area contributed by atoms with Crippen molar-refractivity contribution in [1.82, 2.24) is 0 Å². The summed E-state index contributed by atoms with van der Waals surface area (Å²) in [7, 11) is 0. The summed E-state index contributed by atoms with van der Waals surface area (Å²) in [5.41, 5.74) is 19.9. The van der Waals surface area contributed by atoms with E-state index >= 15 is 0 Å². The fourth-order valence-electron chi connectivity index (χ4n) is 7.88. The van der Waals surface area contributed by atoms with Crippen molar-refractivity contribution in [2.45, 2.75) is 215 Å². The fourth-order valence-corrected chi connectivity index (χ4v) is 8.01. The molecule has 6 unspecified atom stereocenters. The van der Waals surface area contributed by atoms with Crippen LogP contribution in [0.4, 0.5) is 0 Å². The largest absolute Gasteiger partial charge is 0.464 e. The first-order valence-electron chi connectivity index (χ1n) is 25.2. The van der Waals surface area contributed by atoms with Crippen LogP contribution in [0.25, 0.3) is 20.9 Å². The third kappa shape index (κ3) is 20.5. The van der Waals surface area contributed by atoms with Crippen molar-refractivity contribution in [3.8, 4) is 0 Å². The van der Waals surface area contributed by atoms with Crippen molar-refractivity contribution in [3.05, 3.63) is 20.9 Å². The van der Waals surface area contributed by atoms with Crippen molar-refractivity contribution in [3.63, 3.8) is 0 Å². The van der Waals surface area contributed by atoms with Gasteiger partial charge in [0, 0.05) is 57.0 Å². The van der Waals surface area contributed by atoms with E-state index in [9.17, 15) is 30.2 Å².